The van der Waals surface area contributed by atoms with E-state index in [1.807, 2.05) is 66.9 Å². The molecule has 5 aromatic rings. The molecule has 0 fully saturated rings. The van der Waals surface area contributed by atoms with Crippen LogP contribution < -0.4 is 5.56 Å². The van der Waals surface area contributed by atoms with Crippen LogP contribution in [0.3, 0.4) is 0 Å². The van der Waals surface area contributed by atoms with E-state index in [4.69, 9.17) is 19.7 Å². The molecule has 0 aliphatic rings. The third-order valence-electron chi connectivity index (χ3n) is 5.36. The number of fused-ring (bicyclic) bond motifs is 4. The standard InChI is InChI=1S/C23H21N5O2/c1-14-8-10-16(11-9-14)28-21-19(23(29)27(12-13-30-3)15(2)24-21)20-22(28)26-18-7-5-4-6-17(18)25-20/h4-11H,12-13H2,1-3H3. The van der Waals surface area contributed by atoms with Crippen LogP contribution in [0.4, 0.5) is 0 Å². The van der Waals surface area contributed by atoms with Crippen molar-refractivity contribution in [1.82, 2.24) is 24.1 Å². The minimum Gasteiger partial charge on any atom is -0.383 e. The maximum atomic E-state index is 13.5. The van der Waals surface area contributed by atoms with Crippen LogP contribution in [-0.2, 0) is 11.3 Å². The molecule has 7 heteroatoms. The number of aromatic nitrogens is 5. The van der Waals surface area contributed by atoms with E-state index in [1.54, 1.807) is 11.7 Å². The van der Waals surface area contributed by atoms with Gasteiger partial charge in [-0.2, -0.15) is 0 Å². The molecule has 0 atom stereocenters. The SMILES string of the molecule is COCCn1c(C)nc2c(c1=O)c1nc3ccccc3nc1n2-c1ccc(C)cc1. The lowest BCUT2D eigenvalue weighted by Gasteiger charge is -2.10. The molecule has 150 valence electrons. The summed E-state index contributed by atoms with van der Waals surface area (Å²) in [5, 5.41) is 0.477. The van der Waals surface area contributed by atoms with Crippen molar-refractivity contribution >= 4 is 33.2 Å². The average Bonchev–Trinajstić information content (AvgIpc) is 3.05. The van der Waals surface area contributed by atoms with E-state index < -0.39 is 0 Å². The first-order valence-electron chi connectivity index (χ1n) is 9.83. The van der Waals surface area contributed by atoms with Gasteiger partial charge < -0.3 is 4.74 Å². The Kier molecular flexibility index (Phi) is 4.33. The Balaban J connectivity index is 1.96. The summed E-state index contributed by atoms with van der Waals surface area (Å²) in [6.45, 7) is 4.74. The lowest BCUT2D eigenvalue weighted by atomic mass is 10.2. The van der Waals surface area contributed by atoms with Crippen LogP contribution in [0.2, 0.25) is 0 Å². The number of nitrogens with zero attached hydrogens (tertiary/aromatic N) is 5. The molecule has 0 spiro atoms. The normalized spacial score (nSPS) is 11.7. The maximum Gasteiger partial charge on any atom is 0.265 e. The van der Waals surface area contributed by atoms with Gasteiger partial charge in [0, 0.05) is 12.8 Å². The number of aryl methyl sites for hydroxylation is 2. The van der Waals surface area contributed by atoms with Gasteiger partial charge in [-0.3, -0.25) is 13.9 Å². The highest BCUT2D eigenvalue weighted by Gasteiger charge is 2.22. The van der Waals surface area contributed by atoms with E-state index in [9.17, 15) is 4.79 Å². The molecular weight excluding hydrogens is 378 g/mol. The van der Waals surface area contributed by atoms with Crippen molar-refractivity contribution in [3.8, 4) is 5.69 Å². The first-order valence-corrected chi connectivity index (χ1v) is 9.83. The zero-order valence-corrected chi connectivity index (χ0v) is 17.1. The topological polar surface area (TPSA) is 74.8 Å². The van der Waals surface area contributed by atoms with E-state index in [1.165, 1.54) is 0 Å². The van der Waals surface area contributed by atoms with Gasteiger partial charge in [0.25, 0.3) is 5.56 Å². The minimum absolute atomic E-state index is 0.130. The smallest absolute Gasteiger partial charge is 0.265 e. The molecule has 5 rings (SSSR count). The highest BCUT2D eigenvalue weighted by Crippen LogP contribution is 2.28. The molecule has 0 unspecified atom stereocenters. The summed E-state index contributed by atoms with van der Waals surface area (Å²) in [6.07, 6.45) is 0. The summed E-state index contributed by atoms with van der Waals surface area (Å²) in [4.78, 5) is 28.0. The highest BCUT2D eigenvalue weighted by molar-refractivity contribution is 6.05. The zero-order chi connectivity index (χ0) is 20.8. The van der Waals surface area contributed by atoms with Gasteiger partial charge in [-0.05, 0) is 38.1 Å². The van der Waals surface area contributed by atoms with Gasteiger partial charge in [0.1, 0.15) is 16.7 Å². The molecule has 0 amide bonds. The first kappa shape index (κ1) is 18.4. The largest absolute Gasteiger partial charge is 0.383 e. The molecule has 0 N–H and O–H groups in total. The molecule has 3 aromatic heterocycles. The average molecular weight is 399 g/mol. The fourth-order valence-electron chi connectivity index (χ4n) is 3.82. The maximum absolute atomic E-state index is 13.5. The van der Waals surface area contributed by atoms with Crippen LogP contribution in [-0.4, -0.2) is 37.8 Å². The van der Waals surface area contributed by atoms with Crippen molar-refractivity contribution in [2.24, 2.45) is 0 Å². The number of benzene rings is 2. The minimum atomic E-state index is -0.130. The second kappa shape index (κ2) is 7.03. The van der Waals surface area contributed by atoms with Crippen molar-refractivity contribution in [1.29, 1.82) is 0 Å². The van der Waals surface area contributed by atoms with Gasteiger partial charge >= 0.3 is 0 Å². The van der Waals surface area contributed by atoms with E-state index in [0.717, 1.165) is 22.3 Å². The highest BCUT2D eigenvalue weighted by atomic mass is 16.5. The van der Waals surface area contributed by atoms with Crippen LogP contribution >= 0.6 is 0 Å². The summed E-state index contributed by atoms with van der Waals surface area (Å²) in [5.74, 6) is 0.630. The number of ether oxygens (including phenoxy) is 1. The Hall–Kier alpha value is -3.58. The van der Waals surface area contributed by atoms with E-state index in [-0.39, 0.29) is 5.56 Å². The van der Waals surface area contributed by atoms with E-state index >= 15 is 0 Å². The molecule has 2 aromatic carbocycles. The molecule has 0 aliphatic carbocycles. The Morgan fingerprint density at radius 3 is 2.30 bits per heavy atom. The molecular formula is C23H21N5O2. The summed E-state index contributed by atoms with van der Waals surface area (Å²) in [5.41, 5.74) is 5.20. The molecule has 0 saturated heterocycles. The molecule has 7 nitrogen and oxygen atoms in total. The Morgan fingerprint density at radius 1 is 0.900 bits per heavy atom. The zero-order valence-electron chi connectivity index (χ0n) is 17.1. The predicted molar refractivity (Wildman–Crippen MR) is 117 cm³/mol. The van der Waals surface area contributed by atoms with Gasteiger partial charge in [-0.1, -0.05) is 29.8 Å². The quantitative estimate of drug-likeness (QED) is 0.462. The van der Waals surface area contributed by atoms with Gasteiger partial charge in [0.05, 0.1) is 24.2 Å². The van der Waals surface area contributed by atoms with Crippen molar-refractivity contribution in [3.63, 3.8) is 0 Å². The number of para-hydroxylation sites is 2. The van der Waals surface area contributed by atoms with Crippen molar-refractivity contribution in [2.75, 3.05) is 13.7 Å². The fourth-order valence-corrected chi connectivity index (χ4v) is 3.82. The van der Waals surface area contributed by atoms with Gasteiger partial charge in [0.2, 0.25) is 0 Å². The van der Waals surface area contributed by atoms with Crippen molar-refractivity contribution < 1.29 is 4.74 Å². The number of hydrogen-bond donors (Lipinski definition) is 0. The summed E-state index contributed by atoms with van der Waals surface area (Å²) < 4.78 is 8.75. The third-order valence-corrected chi connectivity index (χ3v) is 5.36. The second-order valence-electron chi connectivity index (χ2n) is 7.36. The lowest BCUT2D eigenvalue weighted by Crippen LogP contribution is -2.25. The van der Waals surface area contributed by atoms with E-state index in [2.05, 4.69) is 0 Å². The second-order valence-corrected chi connectivity index (χ2v) is 7.36. The molecule has 0 aliphatic heterocycles. The molecule has 0 bridgehead atoms. The van der Waals surface area contributed by atoms with Gasteiger partial charge in [0.15, 0.2) is 11.3 Å². The predicted octanol–water partition coefficient (Wildman–Crippen LogP) is 3.55. The molecule has 30 heavy (non-hydrogen) atoms. The summed E-state index contributed by atoms with van der Waals surface area (Å²) >= 11 is 0. The van der Waals surface area contributed by atoms with Crippen LogP contribution in [0.1, 0.15) is 11.4 Å². The Morgan fingerprint density at radius 2 is 1.60 bits per heavy atom. The number of rotatable bonds is 4. The summed E-state index contributed by atoms with van der Waals surface area (Å²) in [7, 11) is 1.62. The Bertz CT molecular complexity index is 1470. The fraction of sp³-hybridized carbons (Fsp3) is 0.217. The molecule has 3 heterocycles. The summed E-state index contributed by atoms with van der Waals surface area (Å²) in [6, 6.07) is 15.8. The van der Waals surface area contributed by atoms with Crippen LogP contribution in [0, 0.1) is 13.8 Å². The van der Waals surface area contributed by atoms with Crippen LogP contribution in [0.5, 0.6) is 0 Å². The monoisotopic (exact) mass is 399 g/mol. The molecule has 0 saturated carbocycles. The van der Waals surface area contributed by atoms with Gasteiger partial charge in [-0.25, -0.2) is 15.0 Å². The number of methoxy groups -OCH3 is 1. The first-order chi connectivity index (χ1) is 14.6. The van der Waals surface area contributed by atoms with Gasteiger partial charge in [-0.15, -0.1) is 0 Å². The molecule has 0 radical (unpaired) electrons. The van der Waals surface area contributed by atoms with Crippen molar-refractivity contribution in [2.45, 2.75) is 20.4 Å². The van der Waals surface area contributed by atoms with Crippen molar-refractivity contribution in [3.05, 3.63) is 70.3 Å². The Labute approximate surface area is 172 Å². The van der Waals surface area contributed by atoms with Crippen LogP contribution in [0.15, 0.2) is 53.3 Å². The third kappa shape index (κ3) is 2.78. The lowest BCUT2D eigenvalue weighted by molar-refractivity contribution is 0.185. The van der Waals surface area contributed by atoms with Crippen LogP contribution in [0.25, 0.3) is 38.9 Å². The van der Waals surface area contributed by atoms with E-state index in [0.29, 0.717) is 41.2 Å². The number of hydrogen-bond acceptors (Lipinski definition) is 5.